The fourth-order valence-corrected chi connectivity index (χ4v) is 16.0. The van der Waals surface area contributed by atoms with E-state index in [1.165, 1.54) is 100 Å². The standard InChI is InChI=1S/C66H47BN4O2/c1-32-23-34(3)56(35(4)24-32)52-29-53(57-36(5)25-33(2)26-37(57)6)64-62-63(52)68-54-30-48-46(58-38-15-7-11-19-42(38)60(48)43-20-12-8-16-39(43)58)27-50(54)65(72)70(68)67(62)71-66(73)51-28-47-49(31-55(51)69(64)71)61-44-21-13-9-17-40(44)59(47)41-18-10-14-22-45(41)61/h7-31,58-61H,1-6H3. The van der Waals surface area contributed by atoms with Crippen LogP contribution in [0.3, 0.4) is 0 Å². The monoisotopic (exact) mass is 938 g/mol. The second-order valence-electron chi connectivity index (χ2n) is 22.2. The van der Waals surface area contributed by atoms with Crippen LogP contribution in [0.1, 0.15) is 124 Å². The minimum atomic E-state index is -0.744. The fourth-order valence-electron chi connectivity index (χ4n) is 16.0. The number of hydrogen-bond acceptors (Lipinski definition) is 2. The SMILES string of the molecule is Cc1cc(C)c(-c2cc(-c3c(C)cc(C)cc3C)c3c4c2-n2c5cc6c(cc5c(=O)n2B4n2c(=O)c4cc5c(cc4n2-3)C2c3ccccc3C5c3ccccc32)C2c3ccccc3C6c3ccccc32)c(C)c1. The van der Waals surface area contributed by atoms with Gasteiger partial charge in [-0.15, -0.1) is 0 Å². The van der Waals surface area contributed by atoms with Crippen molar-refractivity contribution in [2.45, 2.75) is 65.2 Å². The molecular formula is C66H47BN4O2. The third-order valence-electron chi connectivity index (χ3n) is 18.2. The van der Waals surface area contributed by atoms with Gasteiger partial charge in [0, 0.05) is 40.3 Å². The van der Waals surface area contributed by atoms with E-state index in [1.54, 1.807) is 0 Å². The molecular weight excluding hydrogens is 892 g/mol. The molecule has 346 valence electrons. The fraction of sp³-hybridized carbons (Fsp3) is 0.152. The van der Waals surface area contributed by atoms with Gasteiger partial charge >= 0.3 is 6.98 Å². The Kier molecular flexibility index (Phi) is 7.35. The van der Waals surface area contributed by atoms with Crippen LogP contribution in [-0.4, -0.2) is 25.5 Å². The van der Waals surface area contributed by atoms with E-state index < -0.39 is 6.98 Å². The Labute approximate surface area is 422 Å². The molecule has 2 aromatic heterocycles. The molecule has 19 rings (SSSR count). The summed E-state index contributed by atoms with van der Waals surface area (Å²) in [5.41, 5.74) is 31.6. The minimum absolute atomic E-state index is 0.0158. The molecule has 7 heteroatoms. The van der Waals surface area contributed by atoms with Crippen molar-refractivity contribution in [3.63, 3.8) is 0 Å². The van der Waals surface area contributed by atoms with Crippen LogP contribution in [0.25, 0.3) is 55.4 Å². The molecule has 0 spiro atoms. The highest BCUT2D eigenvalue weighted by Gasteiger charge is 2.52. The lowest BCUT2D eigenvalue weighted by Crippen LogP contribution is -2.48. The maximum Gasteiger partial charge on any atom is 0.462 e. The van der Waals surface area contributed by atoms with Crippen LogP contribution in [0, 0.1) is 41.5 Å². The molecule has 11 aromatic rings. The van der Waals surface area contributed by atoms with Crippen LogP contribution < -0.4 is 16.6 Å². The highest BCUT2D eigenvalue weighted by Crippen LogP contribution is 2.58. The number of hydrogen-bond donors (Lipinski definition) is 0. The van der Waals surface area contributed by atoms with Crippen LogP contribution >= 0.6 is 0 Å². The quantitative estimate of drug-likeness (QED) is 0.162. The molecule has 73 heavy (non-hydrogen) atoms. The average molecular weight is 939 g/mol. The van der Waals surface area contributed by atoms with Crippen LogP contribution in [0.15, 0.2) is 161 Å². The van der Waals surface area contributed by atoms with Gasteiger partial charge in [-0.1, -0.05) is 132 Å². The summed E-state index contributed by atoms with van der Waals surface area (Å²) >= 11 is 0. The minimum Gasteiger partial charge on any atom is -0.268 e. The Balaban J connectivity index is 1.03. The van der Waals surface area contributed by atoms with E-state index in [-0.39, 0.29) is 34.8 Å². The maximum absolute atomic E-state index is 16.1. The van der Waals surface area contributed by atoms with Crippen molar-refractivity contribution < 1.29 is 0 Å². The van der Waals surface area contributed by atoms with Gasteiger partial charge in [-0.05, 0) is 172 Å². The predicted octanol–water partition coefficient (Wildman–Crippen LogP) is 12.5. The molecule has 4 bridgehead atoms. The molecule has 0 saturated heterocycles. The summed E-state index contributed by atoms with van der Waals surface area (Å²) in [6.45, 7) is 12.5. The summed E-state index contributed by atoms with van der Waals surface area (Å²) in [6, 6.07) is 56.2. The van der Waals surface area contributed by atoms with E-state index in [9.17, 15) is 0 Å². The Morgan fingerprint density at radius 3 is 0.945 bits per heavy atom. The van der Waals surface area contributed by atoms with E-state index in [2.05, 4.69) is 203 Å². The van der Waals surface area contributed by atoms with E-state index in [1.807, 2.05) is 9.19 Å². The summed E-state index contributed by atoms with van der Waals surface area (Å²) in [6.07, 6.45) is 0. The van der Waals surface area contributed by atoms with Crippen molar-refractivity contribution in [1.29, 1.82) is 0 Å². The number of rotatable bonds is 2. The Bertz CT molecular complexity index is 4190. The van der Waals surface area contributed by atoms with E-state index in [4.69, 9.17) is 0 Å². The molecule has 0 amide bonds. The number of fused-ring (bicyclic) bond motifs is 10. The lowest BCUT2D eigenvalue weighted by Gasteiger charge is -2.42. The van der Waals surface area contributed by atoms with E-state index in [0.29, 0.717) is 10.8 Å². The van der Waals surface area contributed by atoms with Gasteiger partial charge in [-0.2, -0.15) is 0 Å². The molecule has 0 saturated carbocycles. The second kappa shape index (κ2) is 13.4. The molecule has 9 aromatic carbocycles. The van der Waals surface area contributed by atoms with Crippen molar-refractivity contribution in [2.75, 3.05) is 0 Å². The van der Waals surface area contributed by atoms with Gasteiger partial charge in [-0.3, -0.25) is 28.1 Å². The number of nitrogens with zero attached hydrogens (tertiary/aromatic N) is 4. The molecule has 0 atom stereocenters. The van der Waals surface area contributed by atoms with Crippen LogP contribution in [-0.2, 0) is 0 Å². The smallest absolute Gasteiger partial charge is 0.268 e. The van der Waals surface area contributed by atoms with Crippen molar-refractivity contribution in [3.05, 3.63) is 273 Å². The topological polar surface area (TPSA) is 53.9 Å². The van der Waals surface area contributed by atoms with Crippen molar-refractivity contribution in [2.24, 2.45) is 0 Å². The largest absolute Gasteiger partial charge is 0.462 e. The summed E-state index contributed by atoms with van der Waals surface area (Å²) in [7, 11) is 0. The summed E-state index contributed by atoms with van der Waals surface area (Å²) in [5.74, 6) is 0.0924. The highest BCUT2D eigenvalue weighted by atomic mass is 16.1. The molecule has 8 aliphatic rings. The van der Waals surface area contributed by atoms with Crippen LogP contribution in [0.2, 0.25) is 0 Å². The molecule has 0 radical (unpaired) electrons. The van der Waals surface area contributed by atoms with Gasteiger partial charge < -0.3 is 0 Å². The predicted molar refractivity (Wildman–Crippen MR) is 294 cm³/mol. The van der Waals surface area contributed by atoms with Gasteiger partial charge in [0.05, 0.1) is 33.2 Å². The van der Waals surface area contributed by atoms with Gasteiger partial charge in [0.2, 0.25) is 0 Å². The first-order chi connectivity index (χ1) is 35.6. The van der Waals surface area contributed by atoms with E-state index >= 15 is 9.59 Å². The molecule has 0 fully saturated rings. The molecule has 0 unspecified atom stereocenters. The third kappa shape index (κ3) is 4.66. The average Bonchev–Trinajstić information content (AvgIpc) is 4.09. The zero-order valence-electron chi connectivity index (χ0n) is 41.4. The number of aryl methyl sites for hydroxylation is 6. The van der Waals surface area contributed by atoms with E-state index in [0.717, 1.165) is 50.1 Å². The lowest BCUT2D eigenvalue weighted by atomic mass is 9.61. The normalized spacial score (nSPS) is 18.1. The summed E-state index contributed by atoms with van der Waals surface area (Å²) in [5, 5.41) is 1.35. The number of aromatic nitrogens is 4. The lowest BCUT2D eigenvalue weighted by molar-refractivity contribution is 0.744. The number of benzene rings is 9. The van der Waals surface area contributed by atoms with Crippen molar-refractivity contribution in [3.8, 4) is 33.6 Å². The first-order valence-corrected chi connectivity index (χ1v) is 25.9. The Morgan fingerprint density at radius 1 is 0.356 bits per heavy atom. The van der Waals surface area contributed by atoms with Gasteiger partial charge in [0.1, 0.15) is 0 Å². The molecule has 2 aliphatic heterocycles. The third-order valence-corrected chi connectivity index (χ3v) is 18.2. The maximum atomic E-state index is 16.1. The molecule has 4 heterocycles. The van der Waals surface area contributed by atoms with Gasteiger partial charge in [0.15, 0.2) is 0 Å². The summed E-state index contributed by atoms with van der Waals surface area (Å²) < 4.78 is 8.37. The van der Waals surface area contributed by atoms with Gasteiger partial charge in [0.25, 0.3) is 11.1 Å². The first-order valence-electron chi connectivity index (χ1n) is 25.9. The Hall–Kier alpha value is -8.42. The highest BCUT2D eigenvalue weighted by molar-refractivity contribution is 6.75. The zero-order chi connectivity index (χ0) is 48.8. The molecule has 6 nitrogen and oxygen atoms in total. The Morgan fingerprint density at radius 2 is 0.644 bits per heavy atom. The first kappa shape index (κ1) is 40.2. The van der Waals surface area contributed by atoms with Crippen LogP contribution in [0.5, 0.6) is 0 Å². The zero-order valence-corrected chi connectivity index (χ0v) is 41.4. The second-order valence-corrected chi connectivity index (χ2v) is 22.2. The molecule has 0 N–H and O–H groups in total. The summed E-state index contributed by atoms with van der Waals surface area (Å²) in [4.78, 5) is 32.2. The van der Waals surface area contributed by atoms with Crippen LogP contribution in [0.4, 0.5) is 0 Å². The van der Waals surface area contributed by atoms with Gasteiger partial charge in [-0.25, -0.2) is 0 Å². The van der Waals surface area contributed by atoms with Crippen molar-refractivity contribution in [1.82, 2.24) is 18.5 Å². The molecule has 6 aliphatic carbocycles. The van der Waals surface area contributed by atoms with Crippen molar-refractivity contribution >= 4 is 34.3 Å².